The zero-order valence-corrected chi connectivity index (χ0v) is 9.29. The molecular weight excluding hydrogens is 190 g/mol. The molecule has 0 aromatic carbocycles. The van der Waals surface area contributed by atoms with Gasteiger partial charge in [-0.25, -0.2) is 0 Å². The molecule has 82 valence electrons. The van der Waals surface area contributed by atoms with Gasteiger partial charge < -0.3 is 9.64 Å². The topological polar surface area (TPSA) is 41.1 Å². The lowest BCUT2D eigenvalue weighted by molar-refractivity contribution is 0.0529. The van der Waals surface area contributed by atoms with Crippen molar-refractivity contribution in [1.29, 1.82) is 0 Å². The minimum Gasteiger partial charge on any atom is -0.375 e. The number of H-pyrrole nitrogens is 1. The van der Waals surface area contributed by atoms with Crippen LogP contribution in [0.1, 0.15) is 18.2 Å². The first-order chi connectivity index (χ1) is 7.22. The maximum Gasteiger partial charge on any atom is 0.158 e. The van der Waals surface area contributed by atoms with Gasteiger partial charge in [-0.1, -0.05) is 12.7 Å². The smallest absolute Gasteiger partial charge is 0.158 e. The Morgan fingerprint density at radius 1 is 1.67 bits per heavy atom. The van der Waals surface area contributed by atoms with Gasteiger partial charge in [-0.15, -0.1) is 0 Å². The molecule has 1 aliphatic heterocycles. The summed E-state index contributed by atoms with van der Waals surface area (Å²) in [6.07, 6.45) is 2.13. The molecule has 4 heteroatoms. The number of anilines is 1. The van der Waals surface area contributed by atoms with E-state index in [4.69, 9.17) is 4.74 Å². The summed E-state index contributed by atoms with van der Waals surface area (Å²) in [6.45, 7) is 10.5. The van der Waals surface area contributed by atoms with Crippen molar-refractivity contribution >= 4 is 11.9 Å². The Balaban J connectivity index is 2.24. The zero-order valence-electron chi connectivity index (χ0n) is 9.29. The molecule has 0 saturated carbocycles. The lowest BCUT2D eigenvalue weighted by Gasteiger charge is -2.31. The predicted octanol–water partition coefficient (Wildman–Crippen LogP) is 1.59. The molecule has 0 amide bonds. The molecule has 1 saturated heterocycles. The summed E-state index contributed by atoms with van der Waals surface area (Å²) >= 11 is 0. The predicted molar refractivity (Wildman–Crippen MR) is 61.0 cm³/mol. The van der Waals surface area contributed by atoms with Gasteiger partial charge in [0.15, 0.2) is 5.82 Å². The normalized spacial score (nSPS) is 21.7. The molecule has 2 heterocycles. The van der Waals surface area contributed by atoms with E-state index in [1.54, 1.807) is 0 Å². The SMILES string of the molecule is C=Cc1c(N2CCO[C@@H](C)C2)n[nH]c1C. The molecule has 1 aromatic heterocycles. The zero-order chi connectivity index (χ0) is 10.8. The largest absolute Gasteiger partial charge is 0.375 e. The van der Waals surface area contributed by atoms with E-state index in [9.17, 15) is 0 Å². The number of aromatic nitrogens is 2. The molecule has 0 radical (unpaired) electrons. The van der Waals surface area contributed by atoms with E-state index >= 15 is 0 Å². The number of aryl methyl sites for hydroxylation is 1. The summed E-state index contributed by atoms with van der Waals surface area (Å²) in [5.74, 6) is 0.998. The first-order valence-corrected chi connectivity index (χ1v) is 5.26. The molecule has 0 aliphatic carbocycles. The quantitative estimate of drug-likeness (QED) is 0.800. The molecule has 1 N–H and O–H groups in total. The highest BCUT2D eigenvalue weighted by molar-refractivity contribution is 5.65. The molecule has 2 rings (SSSR count). The Bertz CT molecular complexity index is 359. The first-order valence-electron chi connectivity index (χ1n) is 5.26. The van der Waals surface area contributed by atoms with Crippen molar-refractivity contribution in [3.05, 3.63) is 17.8 Å². The summed E-state index contributed by atoms with van der Waals surface area (Å²) in [6, 6.07) is 0. The van der Waals surface area contributed by atoms with Gasteiger partial charge >= 0.3 is 0 Å². The fourth-order valence-electron chi connectivity index (χ4n) is 1.92. The van der Waals surface area contributed by atoms with Crippen LogP contribution in [0, 0.1) is 6.92 Å². The Hall–Kier alpha value is -1.29. The van der Waals surface area contributed by atoms with Gasteiger partial charge in [-0.3, -0.25) is 5.10 Å². The lowest BCUT2D eigenvalue weighted by Crippen LogP contribution is -2.41. The highest BCUT2D eigenvalue weighted by Crippen LogP contribution is 2.23. The number of hydrogen-bond donors (Lipinski definition) is 1. The van der Waals surface area contributed by atoms with E-state index in [1.165, 1.54) is 0 Å². The number of morpholine rings is 1. The lowest BCUT2D eigenvalue weighted by atomic mass is 10.2. The summed E-state index contributed by atoms with van der Waals surface area (Å²) in [5, 5.41) is 7.32. The molecular formula is C11H17N3O. The molecule has 1 aliphatic rings. The van der Waals surface area contributed by atoms with Crippen LogP contribution >= 0.6 is 0 Å². The molecule has 0 bridgehead atoms. The molecule has 15 heavy (non-hydrogen) atoms. The maximum atomic E-state index is 5.50. The van der Waals surface area contributed by atoms with Gasteiger partial charge in [0.05, 0.1) is 12.7 Å². The average molecular weight is 207 g/mol. The van der Waals surface area contributed by atoms with Gasteiger partial charge in [0, 0.05) is 24.3 Å². The fraction of sp³-hybridized carbons (Fsp3) is 0.545. The van der Waals surface area contributed by atoms with Gasteiger partial charge in [-0.05, 0) is 13.8 Å². The Kier molecular flexibility index (Phi) is 2.77. The number of ether oxygens (including phenoxy) is 1. The van der Waals surface area contributed by atoms with E-state index in [2.05, 4.69) is 28.6 Å². The highest BCUT2D eigenvalue weighted by atomic mass is 16.5. The summed E-state index contributed by atoms with van der Waals surface area (Å²) in [7, 11) is 0. The minimum atomic E-state index is 0.272. The maximum absolute atomic E-state index is 5.50. The van der Waals surface area contributed by atoms with Gasteiger partial charge in [0.25, 0.3) is 0 Å². The van der Waals surface area contributed by atoms with Crippen molar-refractivity contribution in [3.63, 3.8) is 0 Å². The third-order valence-corrected chi connectivity index (χ3v) is 2.72. The van der Waals surface area contributed by atoms with E-state index in [-0.39, 0.29) is 6.10 Å². The number of nitrogens with zero attached hydrogens (tertiary/aromatic N) is 2. The van der Waals surface area contributed by atoms with Gasteiger partial charge in [0.2, 0.25) is 0 Å². The van der Waals surface area contributed by atoms with Crippen molar-refractivity contribution < 1.29 is 4.74 Å². The molecule has 1 atom stereocenters. The van der Waals surface area contributed by atoms with Crippen molar-refractivity contribution in [1.82, 2.24) is 10.2 Å². The van der Waals surface area contributed by atoms with E-state index in [0.717, 1.165) is 36.8 Å². The number of aromatic amines is 1. The third kappa shape index (κ3) is 1.90. The number of hydrogen-bond acceptors (Lipinski definition) is 3. The van der Waals surface area contributed by atoms with Crippen LogP contribution < -0.4 is 4.90 Å². The van der Waals surface area contributed by atoms with E-state index in [0.29, 0.717) is 0 Å². The Labute approximate surface area is 89.9 Å². The summed E-state index contributed by atoms with van der Waals surface area (Å²) in [4.78, 5) is 2.24. The minimum absolute atomic E-state index is 0.272. The van der Waals surface area contributed by atoms with Crippen molar-refractivity contribution in [2.45, 2.75) is 20.0 Å². The van der Waals surface area contributed by atoms with Crippen LogP contribution in [0.2, 0.25) is 0 Å². The molecule has 4 nitrogen and oxygen atoms in total. The standard InChI is InChI=1S/C11H17N3O/c1-4-10-9(3)12-13-11(10)14-5-6-15-8(2)7-14/h4,8H,1,5-7H2,2-3H3,(H,12,13)/t8-/m0/s1. The van der Waals surface area contributed by atoms with Crippen LogP contribution in [0.25, 0.3) is 6.08 Å². The van der Waals surface area contributed by atoms with Crippen LogP contribution in [-0.2, 0) is 4.74 Å². The highest BCUT2D eigenvalue weighted by Gasteiger charge is 2.21. The van der Waals surface area contributed by atoms with Gasteiger partial charge in [-0.2, -0.15) is 5.10 Å². The van der Waals surface area contributed by atoms with Gasteiger partial charge in [0.1, 0.15) is 0 Å². The van der Waals surface area contributed by atoms with Crippen LogP contribution in [0.5, 0.6) is 0 Å². The molecule has 0 spiro atoms. The Morgan fingerprint density at radius 2 is 2.47 bits per heavy atom. The molecule has 1 aromatic rings. The summed E-state index contributed by atoms with van der Waals surface area (Å²) in [5.41, 5.74) is 2.17. The van der Waals surface area contributed by atoms with Crippen LogP contribution in [0.15, 0.2) is 6.58 Å². The molecule has 0 unspecified atom stereocenters. The van der Waals surface area contributed by atoms with Crippen LogP contribution in [0.3, 0.4) is 0 Å². The second-order valence-corrected chi connectivity index (χ2v) is 3.92. The van der Waals surface area contributed by atoms with Crippen molar-refractivity contribution in [2.24, 2.45) is 0 Å². The second-order valence-electron chi connectivity index (χ2n) is 3.92. The van der Waals surface area contributed by atoms with E-state index in [1.807, 2.05) is 13.0 Å². The molecule has 1 fully saturated rings. The van der Waals surface area contributed by atoms with Crippen molar-refractivity contribution in [3.8, 4) is 0 Å². The number of nitrogens with one attached hydrogen (secondary N) is 1. The average Bonchev–Trinajstić information content (AvgIpc) is 2.59. The Morgan fingerprint density at radius 3 is 3.13 bits per heavy atom. The van der Waals surface area contributed by atoms with E-state index < -0.39 is 0 Å². The second kappa shape index (κ2) is 4.06. The monoisotopic (exact) mass is 207 g/mol. The van der Waals surface area contributed by atoms with Crippen molar-refractivity contribution in [2.75, 3.05) is 24.6 Å². The number of rotatable bonds is 2. The summed E-state index contributed by atoms with van der Waals surface area (Å²) < 4.78 is 5.50. The van der Waals surface area contributed by atoms with Crippen LogP contribution in [0.4, 0.5) is 5.82 Å². The first kappa shape index (κ1) is 10.2. The van der Waals surface area contributed by atoms with Crippen LogP contribution in [-0.4, -0.2) is 36.0 Å². The fourth-order valence-corrected chi connectivity index (χ4v) is 1.92. The third-order valence-electron chi connectivity index (χ3n) is 2.72.